The Hall–Kier alpha value is -1.35. The highest BCUT2D eigenvalue weighted by molar-refractivity contribution is 7.10. The van der Waals surface area contributed by atoms with Crippen molar-refractivity contribution in [1.29, 1.82) is 0 Å². The lowest BCUT2D eigenvalue weighted by atomic mass is 10.2. The molecule has 0 atom stereocenters. The zero-order valence-electron chi connectivity index (χ0n) is 7.66. The molecule has 0 spiro atoms. The monoisotopic (exact) mass is 202 g/mol. The van der Waals surface area contributed by atoms with E-state index in [0.29, 0.717) is 0 Å². The molecule has 1 aliphatic rings. The van der Waals surface area contributed by atoms with Gasteiger partial charge >= 0.3 is 0 Å². The highest BCUT2D eigenvalue weighted by atomic mass is 32.1. The van der Waals surface area contributed by atoms with Crippen molar-refractivity contribution in [3.05, 3.63) is 45.9 Å². The minimum atomic E-state index is 0.928. The smallest absolute Gasteiger partial charge is 0.0686 e. The molecule has 2 aromatic rings. The van der Waals surface area contributed by atoms with E-state index in [2.05, 4.69) is 27.8 Å². The normalized spacial score (nSPS) is 13.7. The lowest BCUT2D eigenvalue weighted by Crippen LogP contribution is -1.98. The standard InChI is InChI=1S/C11H10N2S/c1-2-9-10(12-4-1)6-11-8(7-13-9)3-5-14-11/h1-5,13H,6-7H2. The molecule has 2 aromatic heterocycles. The van der Waals surface area contributed by atoms with Gasteiger partial charge in [0.15, 0.2) is 0 Å². The molecule has 1 aliphatic heterocycles. The fourth-order valence-electron chi connectivity index (χ4n) is 1.76. The van der Waals surface area contributed by atoms with Crippen LogP contribution in [-0.2, 0) is 13.0 Å². The third kappa shape index (κ3) is 1.21. The van der Waals surface area contributed by atoms with E-state index in [0.717, 1.165) is 18.7 Å². The van der Waals surface area contributed by atoms with Crippen LogP contribution in [0, 0.1) is 0 Å². The molecular formula is C11H10N2S. The van der Waals surface area contributed by atoms with Crippen molar-refractivity contribution >= 4 is 17.0 Å². The van der Waals surface area contributed by atoms with E-state index in [9.17, 15) is 0 Å². The summed E-state index contributed by atoms with van der Waals surface area (Å²) in [6.45, 7) is 0.928. The first-order chi connectivity index (χ1) is 6.93. The number of nitrogens with one attached hydrogen (secondary N) is 1. The first-order valence-corrected chi connectivity index (χ1v) is 5.54. The molecule has 0 bridgehead atoms. The van der Waals surface area contributed by atoms with Crippen LogP contribution in [0.1, 0.15) is 16.1 Å². The SMILES string of the molecule is c1cnc2c(c1)NCc1ccsc1C2. The summed E-state index contributed by atoms with van der Waals surface area (Å²) in [6, 6.07) is 6.27. The van der Waals surface area contributed by atoms with E-state index >= 15 is 0 Å². The number of anilines is 1. The van der Waals surface area contributed by atoms with Crippen molar-refractivity contribution in [3.63, 3.8) is 0 Å². The van der Waals surface area contributed by atoms with E-state index in [1.54, 1.807) is 0 Å². The maximum Gasteiger partial charge on any atom is 0.0686 e. The van der Waals surface area contributed by atoms with Gasteiger partial charge in [-0.25, -0.2) is 0 Å². The highest BCUT2D eigenvalue weighted by Gasteiger charge is 2.13. The molecule has 0 amide bonds. The van der Waals surface area contributed by atoms with Crippen LogP contribution in [0.5, 0.6) is 0 Å². The van der Waals surface area contributed by atoms with Crippen molar-refractivity contribution in [2.75, 3.05) is 5.32 Å². The van der Waals surface area contributed by atoms with Crippen molar-refractivity contribution in [3.8, 4) is 0 Å². The van der Waals surface area contributed by atoms with Gasteiger partial charge in [-0.2, -0.15) is 0 Å². The van der Waals surface area contributed by atoms with Crippen molar-refractivity contribution < 1.29 is 0 Å². The minimum absolute atomic E-state index is 0.928. The van der Waals surface area contributed by atoms with Crippen LogP contribution in [0.25, 0.3) is 0 Å². The number of hydrogen-bond acceptors (Lipinski definition) is 3. The van der Waals surface area contributed by atoms with Gasteiger partial charge in [0.2, 0.25) is 0 Å². The molecule has 0 aromatic carbocycles. The van der Waals surface area contributed by atoms with Gasteiger partial charge in [-0.05, 0) is 29.1 Å². The lowest BCUT2D eigenvalue weighted by Gasteiger charge is -2.04. The number of thiophene rings is 1. The Balaban J connectivity index is 2.10. The molecule has 70 valence electrons. The summed E-state index contributed by atoms with van der Waals surface area (Å²) in [5.41, 5.74) is 3.75. The van der Waals surface area contributed by atoms with E-state index in [-0.39, 0.29) is 0 Å². The second kappa shape index (κ2) is 3.10. The molecule has 3 rings (SSSR count). The van der Waals surface area contributed by atoms with E-state index in [1.807, 2.05) is 23.6 Å². The Labute approximate surface area is 86.6 Å². The molecule has 3 heteroatoms. The zero-order chi connectivity index (χ0) is 9.38. The van der Waals surface area contributed by atoms with Gasteiger partial charge in [-0.15, -0.1) is 11.3 Å². The second-order valence-corrected chi connectivity index (χ2v) is 4.40. The highest BCUT2D eigenvalue weighted by Crippen LogP contribution is 2.27. The Kier molecular flexibility index (Phi) is 1.77. The van der Waals surface area contributed by atoms with Gasteiger partial charge in [0, 0.05) is 24.0 Å². The first-order valence-electron chi connectivity index (χ1n) is 4.66. The van der Waals surface area contributed by atoms with Gasteiger partial charge in [-0.3, -0.25) is 4.98 Å². The summed E-state index contributed by atoms with van der Waals surface area (Å²) in [7, 11) is 0. The molecule has 2 nitrogen and oxygen atoms in total. The second-order valence-electron chi connectivity index (χ2n) is 3.40. The molecule has 0 fully saturated rings. The van der Waals surface area contributed by atoms with Gasteiger partial charge in [0.05, 0.1) is 11.4 Å². The maximum atomic E-state index is 4.40. The molecule has 14 heavy (non-hydrogen) atoms. The Bertz CT molecular complexity index is 462. The molecule has 1 N–H and O–H groups in total. The number of pyridine rings is 1. The summed E-state index contributed by atoms with van der Waals surface area (Å²) in [5.74, 6) is 0. The summed E-state index contributed by atoms with van der Waals surface area (Å²) in [4.78, 5) is 5.84. The van der Waals surface area contributed by atoms with Crippen LogP contribution in [0.3, 0.4) is 0 Å². The van der Waals surface area contributed by atoms with Crippen LogP contribution in [-0.4, -0.2) is 4.98 Å². The molecular weight excluding hydrogens is 192 g/mol. The largest absolute Gasteiger partial charge is 0.379 e. The van der Waals surface area contributed by atoms with Crippen molar-refractivity contribution in [1.82, 2.24) is 4.98 Å². The van der Waals surface area contributed by atoms with E-state index < -0.39 is 0 Å². The molecule has 0 radical (unpaired) electrons. The average molecular weight is 202 g/mol. The number of rotatable bonds is 0. The van der Waals surface area contributed by atoms with E-state index in [1.165, 1.54) is 16.1 Å². The summed E-state index contributed by atoms with van der Waals surface area (Å²) >= 11 is 1.82. The van der Waals surface area contributed by atoms with Gasteiger partial charge in [-0.1, -0.05) is 0 Å². The van der Waals surface area contributed by atoms with Crippen LogP contribution < -0.4 is 5.32 Å². The summed E-state index contributed by atoms with van der Waals surface area (Å²) in [5, 5.41) is 5.56. The average Bonchev–Trinajstić information content (AvgIpc) is 2.58. The molecule has 0 unspecified atom stereocenters. The predicted molar refractivity (Wildman–Crippen MR) is 58.7 cm³/mol. The summed E-state index contributed by atoms with van der Waals surface area (Å²) < 4.78 is 0. The fourth-order valence-corrected chi connectivity index (χ4v) is 2.67. The molecule has 0 aliphatic carbocycles. The van der Waals surface area contributed by atoms with Gasteiger partial charge in [0.1, 0.15) is 0 Å². The number of nitrogens with zero attached hydrogens (tertiary/aromatic N) is 1. The van der Waals surface area contributed by atoms with Crippen molar-refractivity contribution in [2.45, 2.75) is 13.0 Å². The Morgan fingerprint density at radius 1 is 1.36 bits per heavy atom. The predicted octanol–water partition coefficient (Wildman–Crippen LogP) is 2.66. The van der Waals surface area contributed by atoms with Crippen molar-refractivity contribution in [2.24, 2.45) is 0 Å². The maximum absolute atomic E-state index is 4.40. The fraction of sp³-hybridized carbons (Fsp3) is 0.182. The minimum Gasteiger partial charge on any atom is -0.379 e. The van der Waals surface area contributed by atoms with Gasteiger partial charge in [0.25, 0.3) is 0 Å². The lowest BCUT2D eigenvalue weighted by molar-refractivity contribution is 1.11. The topological polar surface area (TPSA) is 24.9 Å². The quantitative estimate of drug-likeness (QED) is 0.710. The summed E-state index contributed by atoms with van der Waals surface area (Å²) in [6.07, 6.45) is 2.83. The number of fused-ring (bicyclic) bond motifs is 2. The third-order valence-corrected chi connectivity index (χ3v) is 3.49. The zero-order valence-corrected chi connectivity index (χ0v) is 8.47. The van der Waals surface area contributed by atoms with Crippen LogP contribution in [0.15, 0.2) is 29.8 Å². The first kappa shape index (κ1) is 8.00. The van der Waals surface area contributed by atoms with Crippen LogP contribution in [0.2, 0.25) is 0 Å². The number of aromatic nitrogens is 1. The Morgan fingerprint density at radius 3 is 3.36 bits per heavy atom. The van der Waals surface area contributed by atoms with Crippen LogP contribution >= 0.6 is 11.3 Å². The van der Waals surface area contributed by atoms with Gasteiger partial charge < -0.3 is 5.32 Å². The molecule has 3 heterocycles. The molecule has 0 saturated heterocycles. The third-order valence-electron chi connectivity index (χ3n) is 2.53. The number of hydrogen-bond donors (Lipinski definition) is 1. The van der Waals surface area contributed by atoms with Crippen LogP contribution in [0.4, 0.5) is 5.69 Å². The molecule has 0 saturated carbocycles. The van der Waals surface area contributed by atoms with E-state index in [4.69, 9.17) is 0 Å². The Morgan fingerprint density at radius 2 is 2.36 bits per heavy atom.